The number of guanidine groups is 1. The molecule has 1 aliphatic heterocycles. The van der Waals surface area contributed by atoms with Crippen LogP contribution in [-0.2, 0) is 11.3 Å². The van der Waals surface area contributed by atoms with Gasteiger partial charge in [-0.1, -0.05) is 26.0 Å². The summed E-state index contributed by atoms with van der Waals surface area (Å²) >= 11 is 0. The number of piperidine rings is 1. The maximum Gasteiger partial charge on any atom is 0.191 e. The molecular weight excluding hydrogens is 376 g/mol. The summed E-state index contributed by atoms with van der Waals surface area (Å²) in [5, 5.41) is 6.95. The van der Waals surface area contributed by atoms with Crippen LogP contribution < -0.4 is 15.4 Å². The summed E-state index contributed by atoms with van der Waals surface area (Å²) in [4.78, 5) is 7.44. The molecule has 1 unspecified atom stereocenters. The van der Waals surface area contributed by atoms with Crippen LogP contribution in [0, 0.1) is 18.8 Å². The molecule has 0 bridgehead atoms. The zero-order valence-corrected chi connectivity index (χ0v) is 19.7. The van der Waals surface area contributed by atoms with Crippen LogP contribution in [0.1, 0.15) is 44.7 Å². The first-order valence-electron chi connectivity index (χ1n) is 11.5. The molecule has 1 heterocycles. The Morgan fingerprint density at radius 1 is 1.27 bits per heavy atom. The lowest BCUT2D eigenvalue weighted by Crippen LogP contribution is -2.45. The summed E-state index contributed by atoms with van der Waals surface area (Å²) in [6, 6.07) is 6.29. The maximum absolute atomic E-state index is 5.91. The predicted molar refractivity (Wildman–Crippen MR) is 125 cm³/mol. The van der Waals surface area contributed by atoms with Crippen LogP contribution in [0.2, 0.25) is 0 Å². The zero-order chi connectivity index (χ0) is 21.8. The van der Waals surface area contributed by atoms with Crippen LogP contribution in [-0.4, -0.2) is 63.9 Å². The van der Waals surface area contributed by atoms with Gasteiger partial charge in [0.25, 0.3) is 0 Å². The topological polar surface area (TPSA) is 58.1 Å². The number of hydrogen-bond acceptors (Lipinski definition) is 4. The number of nitrogens with one attached hydrogen (secondary N) is 2. The van der Waals surface area contributed by atoms with Crippen molar-refractivity contribution in [1.82, 2.24) is 15.5 Å². The van der Waals surface area contributed by atoms with Crippen LogP contribution in [0.3, 0.4) is 0 Å². The Kier molecular flexibility index (Phi) is 11.0. The Morgan fingerprint density at radius 2 is 2.10 bits per heavy atom. The fraction of sp³-hybridized carbons (Fsp3) is 0.708. The molecule has 2 N–H and O–H groups in total. The molecule has 0 aliphatic carbocycles. The quantitative estimate of drug-likeness (QED) is 0.327. The lowest BCUT2D eigenvalue weighted by atomic mass is 9.97. The summed E-state index contributed by atoms with van der Waals surface area (Å²) in [5.74, 6) is 3.17. The van der Waals surface area contributed by atoms with Gasteiger partial charge in [0.05, 0.1) is 13.2 Å². The van der Waals surface area contributed by atoms with Gasteiger partial charge in [-0.3, -0.25) is 0 Å². The minimum atomic E-state index is 0.545. The van der Waals surface area contributed by atoms with E-state index in [9.17, 15) is 0 Å². The van der Waals surface area contributed by atoms with Gasteiger partial charge in [-0.25, -0.2) is 4.99 Å². The molecule has 0 amide bonds. The Bertz CT molecular complexity index is 648. The van der Waals surface area contributed by atoms with E-state index in [1.807, 2.05) is 0 Å². The molecule has 0 aromatic heterocycles. The fourth-order valence-electron chi connectivity index (χ4n) is 3.91. The molecule has 6 heteroatoms. The van der Waals surface area contributed by atoms with Gasteiger partial charge in [-0.05, 0) is 56.7 Å². The number of nitrogens with zero attached hydrogens (tertiary/aromatic N) is 2. The number of rotatable bonds is 11. The highest BCUT2D eigenvalue weighted by Gasteiger charge is 2.20. The number of aryl methyl sites for hydroxylation is 1. The first-order chi connectivity index (χ1) is 14.5. The minimum absolute atomic E-state index is 0.545. The molecule has 0 saturated carbocycles. The van der Waals surface area contributed by atoms with Gasteiger partial charge in [0, 0.05) is 38.9 Å². The summed E-state index contributed by atoms with van der Waals surface area (Å²) < 4.78 is 11.0. The van der Waals surface area contributed by atoms with Crippen molar-refractivity contribution >= 4 is 5.96 Å². The molecule has 0 spiro atoms. The fourth-order valence-corrected chi connectivity index (χ4v) is 3.91. The van der Waals surface area contributed by atoms with Gasteiger partial charge >= 0.3 is 0 Å². The molecule has 1 saturated heterocycles. The van der Waals surface area contributed by atoms with Crippen LogP contribution in [0.5, 0.6) is 5.75 Å². The average molecular weight is 419 g/mol. The van der Waals surface area contributed by atoms with E-state index in [1.54, 1.807) is 7.11 Å². The summed E-state index contributed by atoms with van der Waals surface area (Å²) in [6.45, 7) is 15.9. The van der Waals surface area contributed by atoms with Crippen LogP contribution >= 0.6 is 0 Å². The molecule has 1 fully saturated rings. The monoisotopic (exact) mass is 418 g/mol. The van der Waals surface area contributed by atoms with E-state index in [1.165, 1.54) is 38.0 Å². The predicted octanol–water partition coefficient (Wildman–Crippen LogP) is 3.44. The third kappa shape index (κ3) is 8.92. The molecule has 1 aromatic carbocycles. The molecular formula is C24H42N4O2. The highest BCUT2D eigenvalue weighted by molar-refractivity contribution is 5.79. The number of likely N-dealkylation sites (tertiary alicyclic amines) is 1. The lowest BCUT2D eigenvalue weighted by molar-refractivity contribution is 0.145. The third-order valence-electron chi connectivity index (χ3n) is 5.30. The molecule has 6 nitrogen and oxygen atoms in total. The molecule has 1 aliphatic rings. The van der Waals surface area contributed by atoms with Crippen molar-refractivity contribution in [1.29, 1.82) is 0 Å². The summed E-state index contributed by atoms with van der Waals surface area (Å²) in [7, 11) is 1.69. The van der Waals surface area contributed by atoms with Gasteiger partial charge in [0.1, 0.15) is 12.4 Å². The van der Waals surface area contributed by atoms with Crippen molar-refractivity contribution in [2.75, 3.05) is 53.0 Å². The average Bonchev–Trinajstić information content (AvgIpc) is 2.71. The number of benzene rings is 1. The molecule has 30 heavy (non-hydrogen) atoms. The Balaban J connectivity index is 1.94. The van der Waals surface area contributed by atoms with E-state index in [-0.39, 0.29) is 0 Å². The number of ether oxygens (including phenoxy) is 2. The van der Waals surface area contributed by atoms with Gasteiger partial charge in [-0.2, -0.15) is 0 Å². The van der Waals surface area contributed by atoms with Crippen LogP contribution in [0.25, 0.3) is 0 Å². The van der Waals surface area contributed by atoms with E-state index in [4.69, 9.17) is 14.5 Å². The smallest absolute Gasteiger partial charge is 0.191 e. The number of hydrogen-bond donors (Lipinski definition) is 2. The normalized spacial score (nSPS) is 17.9. The lowest BCUT2D eigenvalue weighted by Gasteiger charge is -2.34. The third-order valence-corrected chi connectivity index (χ3v) is 5.30. The molecule has 2 rings (SSSR count). The van der Waals surface area contributed by atoms with Crippen molar-refractivity contribution in [2.24, 2.45) is 16.8 Å². The van der Waals surface area contributed by atoms with E-state index >= 15 is 0 Å². The highest BCUT2D eigenvalue weighted by atomic mass is 16.5. The first-order valence-corrected chi connectivity index (χ1v) is 11.5. The Morgan fingerprint density at radius 3 is 2.83 bits per heavy atom. The molecule has 0 radical (unpaired) electrons. The van der Waals surface area contributed by atoms with E-state index in [2.05, 4.69) is 61.4 Å². The van der Waals surface area contributed by atoms with Crippen molar-refractivity contribution in [3.05, 3.63) is 29.3 Å². The van der Waals surface area contributed by atoms with Gasteiger partial charge in [-0.15, -0.1) is 0 Å². The van der Waals surface area contributed by atoms with Gasteiger partial charge in [0.15, 0.2) is 5.96 Å². The number of methoxy groups -OCH3 is 1. The van der Waals surface area contributed by atoms with Gasteiger partial charge in [0.2, 0.25) is 0 Å². The van der Waals surface area contributed by atoms with Gasteiger partial charge < -0.3 is 25.0 Å². The van der Waals surface area contributed by atoms with E-state index < -0.39 is 0 Å². The van der Waals surface area contributed by atoms with E-state index in [0.29, 0.717) is 25.7 Å². The largest absolute Gasteiger partial charge is 0.491 e. The van der Waals surface area contributed by atoms with E-state index in [0.717, 1.165) is 36.3 Å². The Labute approximate surface area is 183 Å². The van der Waals surface area contributed by atoms with Crippen molar-refractivity contribution in [2.45, 2.75) is 47.1 Å². The van der Waals surface area contributed by atoms with Crippen molar-refractivity contribution in [3.63, 3.8) is 0 Å². The second-order valence-electron chi connectivity index (χ2n) is 8.69. The second-order valence-corrected chi connectivity index (χ2v) is 8.69. The number of aliphatic imine (C=N–C) groups is 1. The Hall–Kier alpha value is -1.79. The van der Waals surface area contributed by atoms with Crippen LogP contribution in [0.4, 0.5) is 0 Å². The maximum atomic E-state index is 5.91. The van der Waals surface area contributed by atoms with Crippen molar-refractivity contribution in [3.8, 4) is 5.75 Å². The van der Waals surface area contributed by atoms with Crippen molar-refractivity contribution < 1.29 is 9.47 Å². The highest BCUT2D eigenvalue weighted by Crippen LogP contribution is 2.21. The minimum Gasteiger partial charge on any atom is -0.491 e. The van der Waals surface area contributed by atoms with Crippen LogP contribution in [0.15, 0.2) is 23.2 Å². The second kappa shape index (κ2) is 13.5. The zero-order valence-electron chi connectivity index (χ0n) is 19.7. The standard InChI is InChI=1S/C24H42N4O2/c1-6-25-24(26-15-21-8-7-11-28(18-21)17-19(2)3)27-16-22-10-9-20(4)14-23(22)30-13-12-29-5/h9-10,14,19,21H,6-8,11-13,15-18H2,1-5H3,(H2,25,26,27). The SMILES string of the molecule is CCNC(=NCc1ccc(C)cc1OCCOC)NCC1CCCN(CC(C)C)C1. The molecule has 1 atom stereocenters. The summed E-state index contributed by atoms with van der Waals surface area (Å²) in [5.41, 5.74) is 2.28. The first kappa shape index (κ1) is 24.5. The summed E-state index contributed by atoms with van der Waals surface area (Å²) in [6.07, 6.45) is 2.58. The molecule has 1 aromatic rings. The molecule has 170 valence electrons.